The number of rotatable bonds is 6. The summed E-state index contributed by atoms with van der Waals surface area (Å²) in [6.45, 7) is 7.74. The summed E-state index contributed by atoms with van der Waals surface area (Å²) >= 11 is 0. The first kappa shape index (κ1) is 18.2. The molecule has 2 aliphatic heterocycles. The zero-order valence-corrected chi connectivity index (χ0v) is 15.4. The van der Waals surface area contributed by atoms with Crippen molar-refractivity contribution in [1.29, 1.82) is 0 Å². The molecule has 6 heteroatoms. The Morgan fingerprint density at radius 1 is 1.24 bits per heavy atom. The molecule has 1 amide bonds. The van der Waals surface area contributed by atoms with Crippen LogP contribution in [0.4, 0.5) is 0 Å². The van der Waals surface area contributed by atoms with Crippen molar-refractivity contribution in [3.8, 4) is 5.75 Å². The molecule has 0 radical (unpaired) electrons. The van der Waals surface area contributed by atoms with Crippen LogP contribution in [0.25, 0.3) is 0 Å². The largest absolute Gasteiger partial charge is 0.483 e. The maximum absolute atomic E-state index is 11.8. The third-order valence-electron chi connectivity index (χ3n) is 5.13. The van der Waals surface area contributed by atoms with E-state index in [0.29, 0.717) is 6.04 Å². The van der Waals surface area contributed by atoms with Crippen LogP contribution in [0.5, 0.6) is 5.75 Å². The molecule has 0 aromatic heterocycles. The number of nitrogens with zero attached hydrogens (tertiary/aromatic N) is 3. The Hall–Kier alpha value is -1.63. The van der Waals surface area contributed by atoms with Gasteiger partial charge in [0.2, 0.25) is 0 Å². The van der Waals surface area contributed by atoms with E-state index < -0.39 is 0 Å². The van der Waals surface area contributed by atoms with Crippen LogP contribution in [0.3, 0.4) is 0 Å². The van der Waals surface area contributed by atoms with Crippen molar-refractivity contribution >= 4 is 5.91 Å². The van der Waals surface area contributed by atoms with E-state index in [4.69, 9.17) is 4.74 Å². The zero-order valence-electron chi connectivity index (χ0n) is 15.4. The molecule has 1 N–H and O–H groups in total. The fraction of sp³-hybridized carbons (Fsp3) is 0.632. The van der Waals surface area contributed by atoms with E-state index in [1.807, 2.05) is 18.2 Å². The van der Waals surface area contributed by atoms with E-state index in [2.05, 4.69) is 21.2 Å². The first-order valence-electron chi connectivity index (χ1n) is 9.21. The molecule has 1 aromatic rings. The quantitative estimate of drug-likeness (QED) is 0.819. The molecule has 6 nitrogen and oxygen atoms in total. The minimum atomic E-state index is -0.0188. The van der Waals surface area contributed by atoms with Gasteiger partial charge in [-0.05, 0) is 12.5 Å². The highest BCUT2D eigenvalue weighted by atomic mass is 16.5. The van der Waals surface area contributed by atoms with Gasteiger partial charge in [-0.2, -0.15) is 0 Å². The fourth-order valence-electron chi connectivity index (χ4n) is 3.59. The van der Waals surface area contributed by atoms with Gasteiger partial charge in [-0.1, -0.05) is 18.2 Å². The van der Waals surface area contributed by atoms with Crippen LogP contribution in [0.2, 0.25) is 0 Å². The molecule has 2 saturated heterocycles. The van der Waals surface area contributed by atoms with Crippen molar-refractivity contribution in [2.75, 3.05) is 60.0 Å². The van der Waals surface area contributed by atoms with Crippen molar-refractivity contribution in [3.05, 3.63) is 29.8 Å². The summed E-state index contributed by atoms with van der Waals surface area (Å²) in [5.41, 5.74) is 1.16. The number of hydrogen-bond acceptors (Lipinski definition) is 5. The Labute approximate surface area is 150 Å². The summed E-state index contributed by atoms with van der Waals surface area (Å²) in [7, 11) is 3.50. The Morgan fingerprint density at radius 2 is 2.00 bits per heavy atom. The number of likely N-dealkylation sites (tertiary alicyclic amines) is 1. The summed E-state index contributed by atoms with van der Waals surface area (Å²) < 4.78 is 5.78. The third-order valence-corrected chi connectivity index (χ3v) is 5.13. The molecule has 2 heterocycles. The van der Waals surface area contributed by atoms with Gasteiger partial charge in [-0.3, -0.25) is 14.6 Å². The summed E-state index contributed by atoms with van der Waals surface area (Å²) in [6, 6.07) is 8.74. The van der Waals surface area contributed by atoms with Crippen LogP contribution in [-0.4, -0.2) is 86.6 Å². The van der Waals surface area contributed by atoms with Gasteiger partial charge in [-0.15, -0.1) is 0 Å². The first-order valence-corrected chi connectivity index (χ1v) is 9.21. The number of hydrogen-bond donors (Lipinski definition) is 1. The van der Waals surface area contributed by atoms with Gasteiger partial charge in [0.25, 0.3) is 5.91 Å². The van der Waals surface area contributed by atoms with E-state index in [9.17, 15) is 4.79 Å². The molecule has 138 valence electrons. The van der Waals surface area contributed by atoms with Crippen LogP contribution in [-0.2, 0) is 11.3 Å². The molecular weight excluding hydrogens is 316 g/mol. The topological polar surface area (TPSA) is 48.1 Å². The van der Waals surface area contributed by atoms with Crippen LogP contribution in [0, 0.1) is 0 Å². The average molecular weight is 346 g/mol. The summed E-state index contributed by atoms with van der Waals surface area (Å²) in [5.74, 6) is 0.804. The van der Waals surface area contributed by atoms with Gasteiger partial charge in [0.15, 0.2) is 6.61 Å². The minimum absolute atomic E-state index is 0.0188. The van der Waals surface area contributed by atoms with Gasteiger partial charge in [0.1, 0.15) is 5.75 Å². The number of nitrogens with one attached hydrogen (secondary N) is 1. The molecule has 2 fully saturated rings. The first-order chi connectivity index (χ1) is 12.1. The molecule has 2 aliphatic rings. The standard InChI is InChI=1S/C19H30N4O2/c1-21(2)19(24)15-25-18-6-4-3-5-16(18)13-22-10-7-17(14-22)23-11-8-20-9-12-23/h3-6,17,20H,7-15H2,1-2H3. The second kappa shape index (κ2) is 8.65. The van der Waals surface area contributed by atoms with Crippen LogP contribution >= 0.6 is 0 Å². The van der Waals surface area contributed by atoms with Crippen LogP contribution in [0.15, 0.2) is 24.3 Å². The predicted molar refractivity (Wildman–Crippen MR) is 98.8 cm³/mol. The summed E-state index contributed by atoms with van der Waals surface area (Å²) in [6.07, 6.45) is 1.24. The van der Waals surface area contributed by atoms with E-state index >= 15 is 0 Å². The number of ether oxygens (including phenoxy) is 1. The predicted octanol–water partition coefficient (Wildman–Crippen LogP) is 0.633. The molecule has 0 spiro atoms. The maximum atomic E-state index is 11.8. The van der Waals surface area contributed by atoms with Crippen LogP contribution in [0.1, 0.15) is 12.0 Å². The number of piperazine rings is 1. The fourth-order valence-corrected chi connectivity index (χ4v) is 3.59. The van der Waals surface area contributed by atoms with Gasteiger partial charge in [0, 0.05) is 71.5 Å². The second-order valence-electron chi connectivity index (χ2n) is 7.15. The lowest BCUT2D eigenvalue weighted by Crippen LogP contribution is -2.49. The Morgan fingerprint density at radius 3 is 2.76 bits per heavy atom. The molecule has 0 bridgehead atoms. The smallest absolute Gasteiger partial charge is 0.259 e. The molecule has 0 saturated carbocycles. The third kappa shape index (κ3) is 4.93. The number of para-hydroxylation sites is 1. The van der Waals surface area contributed by atoms with Crippen molar-refractivity contribution in [3.63, 3.8) is 0 Å². The number of carbonyl (C=O) groups is 1. The van der Waals surface area contributed by atoms with E-state index in [0.717, 1.165) is 57.1 Å². The molecule has 1 atom stereocenters. The highest BCUT2D eigenvalue weighted by Crippen LogP contribution is 2.23. The number of amides is 1. The average Bonchev–Trinajstić information content (AvgIpc) is 3.10. The molecular formula is C19H30N4O2. The van der Waals surface area contributed by atoms with E-state index in [-0.39, 0.29) is 12.5 Å². The monoisotopic (exact) mass is 346 g/mol. The van der Waals surface area contributed by atoms with Crippen molar-refractivity contribution in [2.24, 2.45) is 0 Å². The Bertz CT molecular complexity index is 572. The molecule has 25 heavy (non-hydrogen) atoms. The van der Waals surface area contributed by atoms with Crippen molar-refractivity contribution in [2.45, 2.75) is 19.0 Å². The van der Waals surface area contributed by atoms with Crippen molar-refractivity contribution < 1.29 is 9.53 Å². The minimum Gasteiger partial charge on any atom is -0.483 e. The number of likely N-dealkylation sites (N-methyl/N-ethyl adjacent to an activating group) is 1. The molecule has 1 aromatic carbocycles. The molecule has 1 unspecified atom stereocenters. The van der Waals surface area contributed by atoms with Gasteiger partial charge < -0.3 is 15.0 Å². The normalized spacial score (nSPS) is 22.1. The molecule has 3 rings (SSSR count). The lowest BCUT2D eigenvalue weighted by Gasteiger charge is -2.32. The Balaban J connectivity index is 1.55. The van der Waals surface area contributed by atoms with Crippen molar-refractivity contribution in [1.82, 2.24) is 20.0 Å². The SMILES string of the molecule is CN(C)C(=O)COc1ccccc1CN1CCC(N2CCNCC2)C1. The number of carbonyl (C=O) groups excluding carboxylic acids is 1. The van der Waals surface area contributed by atoms with E-state index in [1.54, 1.807) is 19.0 Å². The second-order valence-corrected chi connectivity index (χ2v) is 7.15. The Kier molecular flexibility index (Phi) is 6.29. The summed E-state index contributed by atoms with van der Waals surface area (Å²) in [4.78, 5) is 18.4. The summed E-state index contributed by atoms with van der Waals surface area (Å²) in [5, 5.41) is 3.42. The van der Waals surface area contributed by atoms with Gasteiger partial charge in [0.05, 0.1) is 0 Å². The highest BCUT2D eigenvalue weighted by Gasteiger charge is 2.28. The maximum Gasteiger partial charge on any atom is 0.259 e. The lowest BCUT2D eigenvalue weighted by atomic mass is 10.2. The zero-order chi connectivity index (χ0) is 17.6. The number of benzene rings is 1. The lowest BCUT2D eigenvalue weighted by molar-refractivity contribution is -0.130. The van der Waals surface area contributed by atoms with Gasteiger partial charge in [-0.25, -0.2) is 0 Å². The van der Waals surface area contributed by atoms with Crippen LogP contribution < -0.4 is 10.1 Å². The van der Waals surface area contributed by atoms with Gasteiger partial charge >= 0.3 is 0 Å². The molecule has 0 aliphatic carbocycles. The highest BCUT2D eigenvalue weighted by molar-refractivity contribution is 5.77. The van der Waals surface area contributed by atoms with E-state index in [1.165, 1.54) is 6.42 Å².